The summed E-state index contributed by atoms with van der Waals surface area (Å²) in [4.78, 5) is 0. The van der Waals surface area contributed by atoms with Crippen molar-refractivity contribution in [3.8, 4) is 6.07 Å². The van der Waals surface area contributed by atoms with Gasteiger partial charge in [-0.15, -0.1) is 0 Å². The number of rotatable bonds is 1. The molecule has 52 valence electrons. The maximum absolute atomic E-state index is 11.3. The molecular formula is C4H5F3N2. The van der Waals surface area contributed by atoms with Crippen molar-refractivity contribution < 1.29 is 13.2 Å². The van der Waals surface area contributed by atoms with E-state index in [9.17, 15) is 13.2 Å². The van der Waals surface area contributed by atoms with Gasteiger partial charge < -0.3 is 5.73 Å². The number of nitrogens with zero attached hydrogens (tertiary/aromatic N) is 1. The lowest BCUT2D eigenvalue weighted by Gasteiger charge is -2.05. The normalized spacial score (nSPS) is 14.6. The summed E-state index contributed by atoms with van der Waals surface area (Å²) >= 11 is 0. The van der Waals surface area contributed by atoms with Crippen LogP contribution in [-0.4, -0.2) is 12.2 Å². The van der Waals surface area contributed by atoms with Gasteiger partial charge in [0.25, 0.3) is 0 Å². The summed E-state index contributed by atoms with van der Waals surface area (Å²) in [5, 5.41) is 7.82. The largest absolute Gasteiger partial charge is 0.391 e. The van der Waals surface area contributed by atoms with E-state index in [0.717, 1.165) is 0 Å². The van der Waals surface area contributed by atoms with Crippen LogP contribution < -0.4 is 5.73 Å². The number of nitriles is 1. The average Bonchev–Trinajstić information content (AvgIpc) is 1.62. The molecule has 0 heterocycles. The highest BCUT2D eigenvalue weighted by atomic mass is 19.4. The third-order valence-corrected chi connectivity index (χ3v) is 0.617. The molecule has 2 N–H and O–H groups in total. The van der Waals surface area contributed by atoms with Crippen LogP contribution in [0.5, 0.6) is 0 Å². The van der Waals surface area contributed by atoms with E-state index in [1.807, 2.05) is 0 Å². The minimum atomic E-state index is -4.32. The summed E-state index contributed by atoms with van der Waals surface area (Å²) in [6.07, 6.45) is -5.56. The first-order chi connectivity index (χ1) is 3.95. The van der Waals surface area contributed by atoms with Gasteiger partial charge in [-0.25, -0.2) is 0 Å². The summed E-state index contributed by atoms with van der Waals surface area (Å²) in [6, 6.07) is -0.147. The van der Waals surface area contributed by atoms with Crippen LogP contribution in [0.3, 0.4) is 0 Å². The summed E-state index contributed by atoms with van der Waals surface area (Å²) in [7, 11) is 0. The molecule has 0 aliphatic heterocycles. The minimum Gasteiger partial charge on any atom is -0.316 e. The van der Waals surface area contributed by atoms with E-state index in [0.29, 0.717) is 0 Å². The highest BCUT2D eigenvalue weighted by molar-refractivity contribution is 4.87. The molecule has 0 saturated carbocycles. The fourth-order valence-electron chi connectivity index (χ4n) is 0.295. The van der Waals surface area contributed by atoms with Crippen molar-refractivity contribution in [3.05, 3.63) is 0 Å². The van der Waals surface area contributed by atoms with E-state index in [4.69, 9.17) is 5.26 Å². The molecule has 0 rings (SSSR count). The highest BCUT2D eigenvalue weighted by Gasteiger charge is 2.30. The van der Waals surface area contributed by atoms with Crippen molar-refractivity contribution in [1.29, 1.82) is 5.26 Å². The van der Waals surface area contributed by atoms with Gasteiger partial charge in [-0.05, 0) is 0 Å². The van der Waals surface area contributed by atoms with Crippen molar-refractivity contribution in [2.24, 2.45) is 5.73 Å². The smallest absolute Gasteiger partial charge is 0.316 e. The van der Waals surface area contributed by atoms with E-state index < -0.39 is 18.6 Å². The SMILES string of the molecule is N#CC(N)CC(F)(F)F. The zero-order chi connectivity index (χ0) is 7.49. The standard InChI is InChI=1S/C4H5F3N2/c5-4(6,7)1-3(9)2-8/h3H,1,9H2. The second-order valence-corrected chi connectivity index (χ2v) is 1.55. The third kappa shape index (κ3) is 5.11. The van der Waals surface area contributed by atoms with Crippen molar-refractivity contribution in [2.45, 2.75) is 18.6 Å². The Kier molecular flexibility index (Phi) is 2.46. The number of alkyl halides is 3. The summed E-state index contributed by atoms with van der Waals surface area (Å²) in [5.41, 5.74) is 4.68. The molecule has 0 aromatic rings. The van der Waals surface area contributed by atoms with E-state index in [-0.39, 0.29) is 0 Å². The molecule has 2 nitrogen and oxygen atoms in total. The molecule has 0 aromatic carbocycles. The predicted molar refractivity (Wildman–Crippen MR) is 24.3 cm³/mol. The van der Waals surface area contributed by atoms with Gasteiger partial charge in [-0.3, -0.25) is 0 Å². The summed E-state index contributed by atoms with van der Waals surface area (Å²) < 4.78 is 33.8. The van der Waals surface area contributed by atoms with Crippen LogP contribution in [-0.2, 0) is 0 Å². The Morgan fingerprint density at radius 3 is 2.11 bits per heavy atom. The van der Waals surface area contributed by atoms with E-state index in [1.165, 1.54) is 6.07 Å². The van der Waals surface area contributed by atoms with Crippen LogP contribution in [0.4, 0.5) is 13.2 Å². The first kappa shape index (κ1) is 8.24. The Morgan fingerprint density at radius 2 is 2.00 bits per heavy atom. The first-order valence-electron chi connectivity index (χ1n) is 2.17. The molecule has 0 radical (unpaired) electrons. The lowest BCUT2D eigenvalue weighted by atomic mass is 10.2. The second kappa shape index (κ2) is 2.69. The molecule has 0 saturated heterocycles. The van der Waals surface area contributed by atoms with Gasteiger partial charge in [-0.1, -0.05) is 0 Å². The lowest BCUT2D eigenvalue weighted by molar-refractivity contribution is -0.135. The van der Waals surface area contributed by atoms with Gasteiger partial charge in [-0.2, -0.15) is 18.4 Å². The molecule has 0 spiro atoms. The number of hydrogen-bond donors (Lipinski definition) is 1. The van der Waals surface area contributed by atoms with Crippen molar-refractivity contribution >= 4 is 0 Å². The predicted octanol–water partition coefficient (Wildman–Crippen LogP) is 0.790. The first-order valence-corrected chi connectivity index (χ1v) is 2.17. The summed E-state index contributed by atoms with van der Waals surface area (Å²) in [6.45, 7) is 0. The molecule has 0 bridgehead atoms. The topological polar surface area (TPSA) is 49.8 Å². The Balaban J connectivity index is 3.63. The molecule has 0 aromatic heterocycles. The number of hydrogen-bond acceptors (Lipinski definition) is 2. The molecule has 0 aliphatic carbocycles. The Labute approximate surface area is 50.1 Å². The van der Waals surface area contributed by atoms with Crippen LogP contribution >= 0.6 is 0 Å². The second-order valence-electron chi connectivity index (χ2n) is 1.55. The summed E-state index contributed by atoms with van der Waals surface area (Å²) in [5.74, 6) is 0. The molecular weight excluding hydrogens is 133 g/mol. The Hall–Kier alpha value is -0.760. The van der Waals surface area contributed by atoms with Crippen molar-refractivity contribution in [1.82, 2.24) is 0 Å². The number of nitrogens with two attached hydrogens (primary N) is 1. The van der Waals surface area contributed by atoms with Gasteiger partial charge in [0.15, 0.2) is 0 Å². The molecule has 1 atom stereocenters. The van der Waals surface area contributed by atoms with Gasteiger partial charge in [0, 0.05) is 0 Å². The van der Waals surface area contributed by atoms with Crippen LogP contribution in [0.2, 0.25) is 0 Å². The maximum Gasteiger partial charge on any atom is 0.391 e. The highest BCUT2D eigenvalue weighted by Crippen LogP contribution is 2.20. The van der Waals surface area contributed by atoms with Crippen molar-refractivity contribution in [3.63, 3.8) is 0 Å². The molecule has 5 heteroatoms. The fourth-order valence-corrected chi connectivity index (χ4v) is 0.295. The zero-order valence-corrected chi connectivity index (χ0v) is 4.44. The Bertz CT molecular complexity index is 123. The van der Waals surface area contributed by atoms with Gasteiger partial charge in [0.1, 0.15) is 6.04 Å². The zero-order valence-electron chi connectivity index (χ0n) is 4.44. The van der Waals surface area contributed by atoms with Gasteiger partial charge >= 0.3 is 6.18 Å². The van der Waals surface area contributed by atoms with E-state index in [2.05, 4.69) is 5.73 Å². The molecule has 0 aliphatic rings. The monoisotopic (exact) mass is 138 g/mol. The molecule has 0 fully saturated rings. The lowest BCUT2D eigenvalue weighted by Crippen LogP contribution is -2.25. The third-order valence-electron chi connectivity index (χ3n) is 0.617. The average molecular weight is 138 g/mol. The number of halogens is 3. The van der Waals surface area contributed by atoms with Crippen LogP contribution in [0.1, 0.15) is 6.42 Å². The molecule has 1 unspecified atom stereocenters. The minimum absolute atomic E-state index is 1.23. The fraction of sp³-hybridized carbons (Fsp3) is 0.750. The van der Waals surface area contributed by atoms with Crippen molar-refractivity contribution in [2.75, 3.05) is 0 Å². The van der Waals surface area contributed by atoms with Gasteiger partial charge in [0.2, 0.25) is 0 Å². The van der Waals surface area contributed by atoms with E-state index in [1.54, 1.807) is 0 Å². The quantitative estimate of drug-likeness (QED) is 0.582. The van der Waals surface area contributed by atoms with Gasteiger partial charge in [0.05, 0.1) is 12.5 Å². The van der Waals surface area contributed by atoms with E-state index >= 15 is 0 Å². The molecule has 9 heavy (non-hydrogen) atoms. The van der Waals surface area contributed by atoms with Crippen LogP contribution in [0, 0.1) is 11.3 Å². The maximum atomic E-state index is 11.3. The van der Waals surface area contributed by atoms with Crippen LogP contribution in [0.25, 0.3) is 0 Å². The van der Waals surface area contributed by atoms with Crippen LogP contribution in [0.15, 0.2) is 0 Å². The molecule has 0 amide bonds. The Morgan fingerprint density at radius 1 is 1.56 bits per heavy atom.